The highest BCUT2D eigenvalue weighted by molar-refractivity contribution is 6.30. The molecule has 0 aliphatic heterocycles. The fourth-order valence-electron chi connectivity index (χ4n) is 1.77. The first-order valence-electron chi connectivity index (χ1n) is 5.18. The molecule has 0 radical (unpaired) electrons. The van der Waals surface area contributed by atoms with Crippen LogP contribution in [0.15, 0.2) is 36.7 Å². The first-order chi connectivity index (χ1) is 8.25. The van der Waals surface area contributed by atoms with E-state index in [1.54, 1.807) is 6.20 Å². The van der Waals surface area contributed by atoms with Gasteiger partial charge in [-0.2, -0.15) is 0 Å². The molecule has 3 aromatic rings. The van der Waals surface area contributed by atoms with Crippen molar-refractivity contribution in [2.75, 3.05) is 0 Å². The van der Waals surface area contributed by atoms with Crippen molar-refractivity contribution in [2.24, 2.45) is 0 Å². The lowest BCUT2D eigenvalue weighted by molar-refractivity contribution is 1.08. The monoisotopic (exact) mass is 244 g/mol. The first kappa shape index (κ1) is 10.2. The van der Waals surface area contributed by atoms with E-state index in [1.165, 1.54) is 0 Å². The minimum atomic E-state index is 0.685. The molecule has 0 bridgehead atoms. The predicted octanol–water partition coefficient (Wildman–Crippen LogP) is 2.75. The van der Waals surface area contributed by atoms with Gasteiger partial charge in [0.1, 0.15) is 0 Å². The average Bonchev–Trinajstić information content (AvgIpc) is 2.74. The van der Waals surface area contributed by atoms with E-state index in [4.69, 9.17) is 11.6 Å². The molecular formula is C12H9ClN4. The molecule has 4 nitrogen and oxygen atoms in total. The van der Waals surface area contributed by atoms with E-state index in [9.17, 15) is 0 Å². The Labute approximate surface area is 103 Å². The molecule has 17 heavy (non-hydrogen) atoms. The standard InChI is InChI=1S/C12H9ClN4/c1-8-11-15-16-12(17(11)6-5-14-8)9-3-2-4-10(13)7-9/h2-7H,1H3. The molecule has 0 unspecified atom stereocenters. The van der Waals surface area contributed by atoms with Crippen molar-refractivity contribution in [3.8, 4) is 11.4 Å². The molecule has 0 atom stereocenters. The highest BCUT2D eigenvalue weighted by atomic mass is 35.5. The van der Waals surface area contributed by atoms with Crippen molar-refractivity contribution in [1.29, 1.82) is 0 Å². The van der Waals surface area contributed by atoms with Crippen LogP contribution in [0.2, 0.25) is 5.02 Å². The second kappa shape index (κ2) is 3.82. The summed E-state index contributed by atoms with van der Waals surface area (Å²) in [5.74, 6) is 0.771. The third-order valence-corrected chi connectivity index (χ3v) is 2.82. The maximum absolute atomic E-state index is 5.97. The van der Waals surface area contributed by atoms with E-state index in [0.717, 1.165) is 22.7 Å². The molecule has 0 aliphatic rings. The van der Waals surface area contributed by atoms with Crippen LogP contribution < -0.4 is 0 Å². The highest BCUT2D eigenvalue weighted by Crippen LogP contribution is 2.21. The van der Waals surface area contributed by atoms with Gasteiger partial charge in [-0.3, -0.25) is 9.38 Å². The average molecular weight is 245 g/mol. The first-order valence-corrected chi connectivity index (χ1v) is 5.56. The predicted molar refractivity (Wildman–Crippen MR) is 66.0 cm³/mol. The van der Waals surface area contributed by atoms with Crippen LogP contribution in [0.3, 0.4) is 0 Å². The van der Waals surface area contributed by atoms with Gasteiger partial charge in [0.05, 0.1) is 5.69 Å². The number of aromatic nitrogens is 4. The molecule has 0 aliphatic carbocycles. The maximum atomic E-state index is 5.97. The SMILES string of the molecule is Cc1nccn2c(-c3cccc(Cl)c3)nnc12. The number of fused-ring (bicyclic) bond motifs is 1. The minimum Gasteiger partial charge on any atom is -0.279 e. The zero-order valence-corrected chi connectivity index (χ0v) is 9.89. The van der Waals surface area contributed by atoms with Gasteiger partial charge in [-0.05, 0) is 19.1 Å². The number of hydrogen-bond donors (Lipinski definition) is 0. The summed E-state index contributed by atoms with van der Waals surface area (Å²) in [6, 6.07) is 7.56. The highest BCUT2D eigenvalue weighted by Gasteiger charge is 2.09. The van der Waals surface area contributed by atoms with Crippen molar-refractivity contribution >= 4 is 17.2 Å². The molecule has 0 spiro atoms. The zero-order valence-electron chi connectivity index (χ0n) is 9.13. The number of halogens is 1. The Morgan fingerprint density at radius 1 is 1.24 bits per heavy atom. The van der Waals surface area contributed by atoms with Gasteiger partial charge in [0.25, 0.3) is 0 Å². The molecule has 2 heterocycles. The van der Waals surface area contributed by atoms with Crippen LogP contribution in [0, 0.1) is 6.92 Å². The van der Waals surface area contributed by atoms with Crippen molar-refractivity contribution < 1.29 is 0 Å². The van der Waals surface area contributed by atoms with Crippen LogP contribution in [0.25, 0.3) is 17.0 Å². The number of nitrogens with zero attached hydrogens (tertiary/aromatic N) is 4. The molecule has 5 heteroatoms. The minimum absolute atomic E-state index is 0.685. The molecule has 0 saturated heterocycles. The van der Waals surface area contributed by atoms with Crippen LogP contribution in [0.5, 0.6) is 0 Å². The molecule has 0 fully saturated rings. The summed E-state index contributed by atoms with van der Waals surface area (Å²) in [4.78, 5) is 4.18. The molecule has 2 aromatic heterocycles. The van der Waals surface area contributed by atoms with Crippen molar-refractivity contribution in [2.45, 2.75) is 6.92 Å². The molecule has 1 aromatic carbocycles. The van der Waals surface area contributed by atoms with E-state index < -0.39 is 0 Å². The largest absolute Gasteiger partial charge is 0.279 e. The Morgan fingerprint density at radius 2 is 2.12 bits per heavy atom. The summed E-state index contributed by atoms with van der Waals surface area (Å²) in [6.45, 7) is 1.91. The van der Waals surface area contributed by atoms with Gasteiger partial charge in [0, 0.05) is 23.0 Å². The van der Waals surface area contributed by atoms with Crippen LogP contribution in [-0.2, 0) is 0 Å². The third kappa shape index (κ3) is 1.66. The second-order valence-corrected chi connectivity index (χ2v) is 4.18. The molecule has 0 saturated carbocycles. The number of benzene rings is 1. The maximum Gasteiger partial charge on any atom is 0.182 e. The van der Waals surface area contributed by atoms with Gasteiger partial charge in [0.15, 0.2) is 11.5 Å². The van der Waals surface area contributed by atoms with Gasteiger partial charge >= 0.3 is 0 Å². The smallest absolute Gasteiger partial charge is 0.182 e. The number of rotatable bonds is 1. The number of aryl methyl sites for hydroxylation is 1. The Bertz CT molecular complexity index is 690. The Kier molecular flexibility index (Phi) is 2.30. The second-order valence-electron chi connectivity index (χ2n) is 3.74. The fraction of sp³-hybridized carbons (Fsp3) is 0.0833. The normalized spacial score (nSPS) is 10.9. The Hall–Kier alpha value is -1.94. The topological polar surface area (TPSA) is 43.1 Å². The van der Waals surface area contributed by atoms with E-state index in [-0.39, 0.29) is 0 Å². The lowest BCUT2D eigenvalue weighted by Gasteiger charge is -2.00. The van der Waals surface area contributed by atoms with Gasteiger partial charge in [-0.1, -0.05) is 23.7 Å². The zero-order chi connectivity index (χ0) is 11.8. The molecule has 0 amide bonds. The molecular weight excluding hydrogens is 236 g/mol. The third-order valence-electron chi connectivity index (χ3n) is 2.59. The summed E-state index contributed by atoms with van der Waals surface area (Å²) in [5, 5.41) is 9.00. The lowest BCUT2D eigenvalue weighted by atomic mass is 10.2. The molecule has 3 rings (SSSR count). The molecule has 0 N–H and O–H groups in total. The van der Waals surface area contributed by atoms with Gasteiger partial charge < -0.3 is 0 Å². The van der Waals surface area contributed by atoms with E-state index in [0.29, 0.717) is 5.02 Å². The van der Waals surface area contributed by atoms with Crippen molar-refractivity contribution in [1.82, 2.24) is 19.6 Å². The van der Waals surface area contributed by atoms with Crippen molar-refractivity contribution in [3.05, 3.63) is 47.4 Å². The molecule has 84 valence electrons. The van der Waals surface area contributed by atoms with Crippen molar-refractivity contribution in [3.63, 3.8) is 0 Å². The number of hydrogen-bond acceptors (Lipinski definition) is 3. The van der Waals surface area contributed by atoms with Crippen LogP contribution >= 0.6 is 11.6 Å². The van der Waals surface area contributed by atoms with Gasteiger partial charge in [-0.15, -0.1) is 10.2 Å². The van der Waals surface area contributed by atoms with E-state index >= 15 is 0 Å². The Morgan fingerprint density at radius 3 is 2.94 bits per heavy atom. The lowest BCUT2D eigenvalue weighted by Crippen LogP contribution is -1.92. The van der Waals surface area contributed by atoms with Crippen LogP contribution in [0.1, 0.15) is 5.69 Å². The van der Waals surface area contributed by atoms with Crippen LogP contribution in [0.4, 0.5) is 0 Å². The summed E-state index contributed by atoms with van der Waals surface area (Å²) in [5.41, 5.74) is 2.56. The summed E-state index contributed by atoms with van der Waals surface area (Å²) >= 11 is 5.97. The fourth-order valence-corrected chi connectivity index (χ4v) is 1.96. The summed E-state index contributed by atoms with van der Waals surface area (Å²) in [7, 11) is 0. The Balaban J connectivity index is 2.28. The summed E-state index contributed by atoms with van der Waals surface area (Å²) < 4.78 is 1.91. The van der Waals surface area contributed by atoms with Gasteiger partial charge in [0.2, 0.25) is 0 Å². The summed E-state index contributed by atoms with van der Waals surface area (Å²) in [6.07, 6.45) is 3.58. The van der Waals surface area contributed by atoms with Crippen LogP contribution in [-0.4, -0.2) is 19.6 Å². The van der Waals surface area contributed by atoms with Gasteiger partial charge in [-0.25, -0.2) is 0 Å². The van der Waals surface area contributed by atoms with E-state index in [2.05, 4.69) is 15.2 Å². The quantitative estimate of drug-likeness (QED) is 0.661. The van der Waals surface area contributed by atoms with E-state index in [1.807, 2.05) is 41.8 Å².